The Labute approximate surface area is 149 Å². The van der Waals surface area contributed by atoms with Gasteiger partial charge in [-0.05, 0) is 50.8 Å². The summed E-state index contributed by atoms with van der Waals surface area (Å²) in [5, 5.41) is 8.85. The monoisotopic (exact) mass is 342 g/mol. The molecule has 1 aromatic carbocycles. The van der Waals surface area contributed by atoms with Gasteiger partial charge in [0.05, 0.1) is 0 Å². The Bertz CT molecular complexity index is 708. The Balaban J connectivity index is 2.22. The second-order valence-corrected chi connectivity index (χ2v) is 7.22. The van der Waals surface area contributed by atoms with E-state index in [0.717, 1.165) is 30.6 Å². The minimum absolute atomic E-state index is 0.202. The highest BCUT2D eigenvalue weighted by molar-refractivity contribution is 5.99. The third-order valence-electron chi connectivity index (χ3n) is 4.80. The quantitative estimate of drug-likeness (QED) is 0.770. The van der Waals surface area contributed by atoms with Crippen LogP contribution < -0.4 is 4.74 Å². The predicted molar refractivity (Wildman–Crippen MR) is 95.5 cm³/mol. The molecular weight excluding hydrogens is 316 g/mol. The number of ketones is 1. The normalized spacial score (nSPS) is 17.3. The van der Waals surface area contributed by atoms with Gasteiger partial charge in [0.2, 0.25) is 5.91 Å². The second kappa shape index (κ2) is 7.26. The zero-order valence-corrected chi connectivity index (χ0v) is 15.7. The molecule has 5 heteroatoms. The van der Waals surface area contributed by atoms with E-state index in [1.54, 1.807) is 19.9 Å². The molecule has 2 rings (SSSR count). The topological polar surface area (TPSA) is 70.4 Å². The predicted octanol–water partition coefficient (Wildman–Crippen LogP) is 3.28. The van der Waals surface area contributed by atoms with Crippen LogP contribution in [-0.4, -0.2) is 35.3 Å². The highest BCUT2D eigenvalue weighted by Gasteiger charge is 2.32. The first-order valence-corrected chi connectivity index (χ1v) is 8.72. The second-order valence-electron chi connectivity index (χ2n) is 7.22. The van der Waals surface area contributed by atoms with E-state index < -0.39 is 11.4 Å². The average molecular weight is 342 g/mol. The molecule has 1 heterocycles. The molecule has 0 aromatic heterocycles. The number of carbonyl (C=O) groups is 2. The first kappa shape index (κ1) is 19.0. The van der Waals surface area contributed by atoms with Crippen LogP contribution in [0.5, 0.6) is 5.75 Å². The third kappa shape index (κ3) is 4.01. The van der Waals surface area contributed by atoms with Gasteiger partial charge in [-0.15, -0.1) is 0 Å². The lowest BCUT2D eigenvalue weighted by atomic mass is 9.94. The van der Waals surface area contributed by atoms with E-state index >= 15 is 0 Å². The van der Waals surface area contributed by atoms with Crippen LogP contribution in [0.3, 0.4) is 0 Å². The fraction of sp³-hybridized carbons (Fsp3) is 0.550. The molecule has 0 bridgehead atoms. The highest BCUT2D eigenvalue weighted by Crippen LogP contribution is 2.34. The zero-order valence-electron chi connectivity index (χ0n) is 15.7. The number of aryl methyl sites for hydroxylation is 2. The SMILES string of the molecule is CCC(=O)N1CC[C@H](c2cc(C)c(OC(C)(C)C(=O)C#N)c(C)c2)C1. The number of carbonyl (C=O) groups excluding carboxylic acids is 2. The van der Waals surface area contributed by atoms with E-state index in [1.807, 2.05) is 25.7 Å². The van der Waals surface area contributed by atoms with Crippen molar-refractivity contribution < 1.29 is 14.3 Å². The van der Waals surface area contributed by atoms with E-state index in [4.69, 9.17) is 10.00 Å². The Kier molecular flexibility index (Phi) is 5.52. The lowest BCUT2D eigenvalue weighted by Crippen LogP contribution is -2.37. The third-order valence-corrected chi connectivity index (χ3v) is 4.80. The van der Waals surface area contributed by atoms with Crippen molar-refractivity contribution in [1.82, 2.24) is 4.90 Å². The molecule has 5 nitrogen and oxygen atoms in total. The Morgan fingerprint density at radius 3 is 2.44 bits per heavy atom. The number of hydrogen-bond acceptors (Lipinski definition) is 4. The molecule has 0 unspecified atom stereocenters. The van der Waals surface area contributed by atoms with Crippen molar-refractivity contribution in [1.29, 1.82) is 5.26 Å². The van der Waals surface area contributed by atoms with Crippen LogP contribution in [-0.2, 0) is 9.59 Å². The smallest absolute Gasteiger partial charge is 0.274 e. The largest absolute Gasteiger partial charge is 0.478 e. The number of ether oxygens (including phenoxy) is 1. The Hall–Kier alpha value is -2.35. The molecule has 0 spiro atoms. The average Bonchev–Trinajstić information content (AvgIpc) is 3.06. The molecule has 134 valence electrons. The van der Waals surface area contributed by atoms with E-state index in [9.17, 15) is 9.59 Å². The van der Waals surface area contributed by atoms with Crippen LogP contribution in [0.4, 0.5) is 0 Å². The van der Waals surface area contributed by atoms with Gasteiger partial charge in [0.25, 0.3) is 5.78 Å². The van der Waals surface area contributed by atoms with Gasteiger partial charge in [-0.2, -0.15) is 5.26 Å². The molecule has 1 fully saturated rings. The summed E-state index contributed by atoms with van der Waals surface area (Å²) >= 11 is 0. The molecule has 1 saturated heterocycles. The highest BCUT2D eigenvalue weighted by atomic mass is 16.5. The van der Waals surface area contributed by atoms with Gasteiger partial charge in [-0.1, -0.05) is 19.1 Å². The lowest BCUT2D eigenvalue weighted by molar-refractivity contribution is -0.129. The number of nitriles is 1. The number of hydrogen-bond donors (Lipinski definition) is 0. The molecule has 25 heavy (non-hydrogen) atoms. The molecule has 0 radical (unpaired) electrons. The van der Waals surface area contributed by atoms with Gasteiger partial charge < -0.3 is 9.64 Å². The zero-order chi connectivity index (χ0) is 18.8. The Morgan fingerprint density at radius 1 is 1.32 bits per heavy atom. The molecule has 0 N–H and O–H groups in total. The summed E-state index contributed by atoms with van der Waals surface area (Å²) in [5.41, 5.74) is 1.89. The maximum absolute atomic E-state index is 11.9. The number of nitrogens with zero attached hydrogens (tertiary/aromatic N) is 2. The van der Waals surface area contributed by atoms with Crippen molar-refractivity contribution >= 4 is 11.7 Å². The van der Waals surface area contributed by atoms with Crippen LogP contribution in [0.1, 0.15) is 56.2 Å². The molecule has 1 aliphatic heterocycles. The summed E-state index contributed by atoms with van der Waals surface area (Å²) in [5.74, 6) is 0.583. The van der Waals surface area contributed by atoms with Crippen molar-refractivity contribution in [2.24, 2.45) is 0 Å². The number of Topliss-reactive ketones (excluding diaryl/α,β-unsaturated/α-hetero) is 1. The number of benzene rings is 1. The van der Waals surface area contributed by atoms with Gasteiger partial charge in [-0.3, -0.25) is 9.59 Å². The van der Waals surface area contributed by atoms with Crippen LogP contribution >= 0.6 is 0 Å². The van der Waals surface area contributed by atoms with E-state index in [0.29, 0.717) is 18.1 Å². The lowest BCUT2D eigenvalue weighted by Gasteiger charge is -2.25. The Morgan fingerprint density at radius 2 is 1.92 bits per heavy atom. The summed E-state index contributed by atoms with van der Waals surface area (Å²) in [6.07, 6.45) is 1.50. The van der Waals surface area contributed by atoms with Crippen LogP contribution in [0.25, 0.3) is 0 Å². The van der Waals surface area contributed by atoms with Crippen LogP contribution in [0.2, 0.25) is 0 Å². The number of amides is 1. The summed E-state index contributed by atoms with van der Waals surface area (Å²) in [6, 6.07) is 5.78. The summed E-state index contributed by atoms with van der Waals surface area (Å²) < 4.78 is 5.87. The number of rotatable bonds is 5. The minimum atomic E-state index is -1.18. The number of likely N-dealkylation sites (tertiary alicyclic amines) is 1. The van der Waals surface area contributed by atoms with Gasteiger partial charge in [0.15, 0.2) is 5.60 Å². The van der Waals surface area contributed by atoms with Gasteiger partial charge >= 0.3 is 0 Å². The fourth-order valence-electron chi connectivity index (χ4n) is 3.30. The standard InChI is InChI=1S/C20H26N2O3/c1-6-18(24)22-8-7-15(12-22)16-9-13(2)19(14(3)10-16)25-20(4,5)17(23)11-21/h9-10,15H,6-8,12H2,1-5H3/t15-/m0/s1. The summed E-state index contributed by atoms with van der Waals surface area (Å²) in [6.45, 7) is 10.6. The summed E-state index contributed by atoms with van der Waals surface area (Å²) in [7, 11) is 0. The minimum Gasteiger partial charge on any atom is -0.478 e. The van der Waals surface area contributed by atoms with Crippen LogP contribution in [0.15, 0.2) is 12.1 Å². The van der Waals surface area contributed by atoms with Gasteiger partial charge in [-0.25, -0.2) is 0 Å². The van der Waals surface area contributed by atoms with E-state index in [-0.39, 0.29) is 5.91 Å². The van der Waals surface area contributed by atoms with Crippen molar-refractivity contribution in [3.63, 3.8) is 0 Å². The first-order chi connectivity index (χ1) is 11.7. The molecule has 0 aliphatic carbocycles. The fourth-order valence-corrected chi connectivity index (χ4v) is 3.30. The van der Waals surface area contributed by atoms with Crippen molar-refractivity contribution in [3.05, 3.63) is 28.8 Å². The van der Waals surface area contributed by atoms with Gasteiger partial charge in [0.1, 0.15) is 11.8 Å². The maximum Gasteiger partial charge on any atom is 0.274 e. The van der Waals surface area contributed by atoms with Crippen molar-refractivity contribution in [2.45, 2.75) is 59.0 Å². The molecule has 1 aliphatic rings. The molecule has 1 amide bonds. The van der Waals surface area contributed by atoms with E-state index in [2.05, 4.69) is 12.1 Å². The van der Waals surface area contributed by atoms with Crippen molar-refractivity contribution in [3.8, 4) is 11.8 Å². The van der Waals surface area contributed by atoms with Gasteiger partial charge in [0, 0.05) is 25.4 Å². The molecule has 0 saturated carbocycles. The molecule has 1 atom stereocenters. The first-order valence-electron chi connectivity index (χ1n) is 8.72. The van der Waals surface area contributed by atoms with E-state index in [1.165, 1.54) is 5.56 Å². The van der Waals surface area contributed by atoms with Crippen LogP contribution in [0, 0.1) is 25.2 Å². The molecule has 1 aromatic rings. The maximum atomic E-state index is 11.9. The van der Waals surface area contributed by atoms with Crippen molar-refractivity contribution in [2.75, 3.05) is 13.1 Å². The summed E-state index contributed by atoms with van der Waals surface area (Å²) in [4.78, 5) is 25.5. The molecular formula is C20H26N2O3.